The van der Waals surface area contributed by atoms with Crippen LogP contribution < -0.4 is 11.1 Å². The number of nitrogens with one attached hydrogen (secondary N) is 1. The zero-order chi connectivity index (χ0) is 10.2. The van der Waals surface area contributed by atoms with E-state index in [1.807, 2.05) is 0 Å². The second kappa shape index (κ2) is 3.51. The van der Waals surface area contributed by atoms with Gasteiger partial charge >= 0.3 is 5.97 Å². The molecule has 2 bridgehead atoms. The van der Waals surface area contributed by atoms with E-state index < -0.39 is 5.54 Å². The van der Waals surface area contributed by atoms with Crippen molar-refractivity contribution in [3.8, 4) is 0 Å². The number of piperidine rings is 2. The van der Waals surface area contributed by atoms with Crippen molar-refractivity contribution in [2.24, 2.45) is 5.73 Å². The third-order valence-electron chi connectivity index (χ3n) is 3.39. The summed E-state index contributed by atoms with van der Waals surface area (Å²) in [5.41, 5.74) is 5.35. The van der Waals surface area contributed by atoms with Crippen LogP contribution in [0, 0.1) is 0 Å². The quantitative estimate of drug-likeness (QED) is 0.589. The first kappa shape index (κ1) is 9.93. The van der Waals surface area contributed by atoms with Gasteiger partial charge in [0, 0.05) is 12.1 Å². The summed E-state index contributed by atoms with van der Waals surface area (Å²) in [5, 5.41) is 3.50. The van der Waals surface area contributed by atoms with Gasteiger partial charge in [-0.1, -0.05) is 6.42 Å². The van der Waals surface area contributed by atoms with Crippen LogP contribution >= 0.6 is 0 Å². The van der Waals surface area contributed by atoms with Crippen LogP contribution in [0.3, 0.4) is 0 Å². The van der Waals surface area contributed by atoms with Gasteiger partial charge in [0.05, 0.1) is 7.11 Å². The molecule has 0 aromatic heterocycles. The van der Waals surface area contributed by atoms with Gasteiger partial charge in [0.1, 0.15) is 5.54 Å². The number of methoxy groups -OCH3 is 1. The average Bonchev–Trinajstić information content (AvgIpc) is 2.15. The fourth-order valence-corrected chi connectivity index (χ4v) is 2.77. The van der Waals surface area contributed by atoms with Gasteiger partial charge in [-0.25, -0.2) is 0 Å². The molecule has 2 heterocycles. The Labute approximate surface area is 84.2 Å². The summed E-state index contributed by atoms with van der Waals surface area (Å²) < 4.78 is 4.77. The van der Waals surface area contributed by atoms with Crippen molar-refractivity contribution in [2.75, 3.05) is 7.11 Å². The van der Waals surface area contributed by atoms with Crippen LogP contribution in [-0.4, -0.2) is 30.7 Å². The monoisotopic (exact) mass is 198 g/mol. The van der Waals surface area contributed by atoms with Gasteiger partial charge in [-0.15, -0.1) is 0 Å². The number of fused-ring (bicyclic) bond motifs is 2. The molecule has 4 nitrogen and oxygen atoms in total. The van der Waals surface area contributed by atoms with Gasteiger partial charge in [-0.2, -0.15) is 0 Å². The summed E-state index contributed by atoms with van der Waals surface area (Å²) in [5.74, 6) is -0.254. The Morgan fingerprint density at radius 2 is 2.00 bits per heavy atom. The summed E-state index contributed by atoms with van der Waals surface area (Å²) in [7, 11) is 1.41. The fourth-order valence-electron chi connectivity index (χ4n) is 2.77. The minimum Gasteiger partial charge on any atom is -0.468 e. The van der Waals surface area contributed by atoms with E-state index >= 15 is 0 Å². The predicted octanol–water partition coefficient (Wildman–Crippen LogP) is 0.161. The van der Waals surface area contributed by atoms with Crippen LogP contribution in [0.4, 0.5) is 0 Å². The van der Waals surface area contributed by atoms with Gasteiger partial charge in [-0.05, 0) is 25.7 Å². The Morgan fingerprint density at radius 1 is 1.43 bits per heavy atom. The SMILES string of the molecule is COC(=O)C1(N)CC2CCCC(C1)N2. The third kappa shape index (κ3) is 1.64. The lowest BCUT2D eigenvalue weighted by Gasteiger charge is -2.44. The first-order valence-corrected chi connectivity index (χ1v) is 5.27. The largest absolute Gasteiger partial charge is 0.468 e. The molecule has 2 unspecified atom stereocenters. The Bertz CT molecular complexity index is 230. The number of hydrogen-bond acceptors (Lipinski definition) is 4. The average molecular weight is 198 g/mol. The van der Waals surface area contributed by atoms with Crippen molar-refractivity contribution in [2.45, 2.75) is 49.7 Å². The first-order valence-electron chi connectivity index (χ1n) is 5.27. The highest BCUT2D eigenvalue weighted by Crippen LogP contribution is 2.31. The molecule has 0 spiro atoms. The molecule has 2 rings (SSSR count). The van der Waals surface area contributed by atoms with Crippen LogP contribution in [0.15, 0.2) is 0 Å². The van der Waals surface area contributed by atoms with Crippen molar-refractivity contribution in [3.05, 3.63) is 0 Å². The highest BCUT2D eigenvalue weighted by atomic mass is 16.5. The number of nitrogens with two attached hydrogens (primary N) is 1. The molecule has 0 aliphatic carbocycles. The molecule has 0 radical (unpaired) electrons. The van der Waals surface area contributed by atoms with Crippen molar-refractivity contribution < 1.29 is 9.53 Å². The molecule has 2 saturated heterocycles. The van der Waals surface area contributed by atoms with E-state index in [-0.39, 0.29) is 5.97 Å². The number of hydrogen-bond donors (Lipinski definition) is 2. The van der Waals surface area contributed by atoms with Crippen LogP contribution in [0.5, 0.6) is 0 Å². The second-order valence-electron chi connectivity index (χ2n) is 4.55. The van der Waals surface area contributed by atoms with Gasteiger partial charge in [0.25, 0.3) is 0 Å². The molecule has 2 atom stereocenters. The Morgan fingerprint density at radius 3 is 2.50 bits per heavy atom. The van der Waals surface area contributed by atoms with E-state index in [1.165, 1.54) is 13.5 Å². The van der Waals surface area contributed by atoms with Crippen molar-refractivity contribution >= 4 is 5.97 Å². The van der Waals surface area contributed by atoms with Crippen LogP contribution in [-0.2, 0) is 9.53 Å². The standard InChI is InChI=1S/C10H18N2O2/c1-14-9(13)10(11)5-7-3-2-4-8(6-10)12-7/h7-8,12H,2-6,11H2,1H3. The maximum atomic E-state index is 11.5. The fraction of sp³-hybridized carbons (Fsp3) is 0.900. The molecule has 2 fully saturated rings. The molecule has 0 amide bonds. The maximum Gasteiger partial charge on any atom is 0.325 e. The molecule has 0 saturated carbocycles. The highest BCUT2D eigenvalue weighted by Gasteiger charge is 2.45. The number of carbonyl (C=O) groups excluding carboxylic acids is 1. The lowest BCUT2D eigenvalue weighted by molar-refractivity contribution is -0.149. The van der Waals surface area contributed by atoms with Crippen molar-refractivity contribution in [1.29, 1.82) is 0 Å². The Balaban J connectivity index is 2.10. The molecule has 80 valence electrons. The predicted molar refractivity (Wildman–Crippen MR) is 52.7 cm³/mol. The van der Waals surface area contributed by atoms with Crippen LogP contribution in [0.1, 0.15) is 32.1 Å². The van der Waals surface area contributed by atoms with E-state index in [0.717, 1.165) is 25.7 Å². The Kier molecular flexibility index (Phi) is 2.49. The van der Waals surface area contributed by atoms with Gasteiger partial charge in [-0.3, -0.25) is 4.79 Å². The Hall–Kier alpha value is -0.610. The minimum absolute atomic E-state index is 0.254. The van der Waals surface area contributed by atoms with Crippen molar-refractivity contribution in [1.82, 2.24) is 5.32 Å². The summed E-state index contributed by atoms with van der Waals surface area (Å²) in [6, 6.07) is 0.818. The first-order chi connectivity index (χ1) is 6.64. The molecular formula is C10H18N2O2. The van der Waals surface area contributed by atoms with E-state index in [0.29, 0.717) is 12.1 Å². The van der Waals surface area contributed by atoms with Gasteiger partial charge in [0.15, 0.2) is 0 Å². The smallest absolute Gasteiger partial charge is 0.325 e. The second-order valence-corrected chi connectivity index (χ2v) is 4.55. The zero-order valence-electron chi connectivity index (χ0n) is 8.58. The minimum atomic E-state index is -0.740. The summed E-state index contributed by atoms with van der Waals surface area (Å²) >= 11 is 0. The topological polar surface area (TPSA) is 64.3 Å². The third-order valence-corrected chi connectivity index (χ3v) is 3.39. The van der Waals surface area contributed by atoms with E-state index in [1.54, 1.807) is 0 Å². The molecule has 2 aliphatic rings. The molecular weight excluding hydrogens is 180 g/mol. The van der Waals surface area contributed by atoms with Crippen LogP contribution in [0.2, 0.25) is 0 Å². The zero-order valence-corrected chi connectivity index (χ0v) is 8.58. The summed E-state index contributed by atoms with van der Waals surface area (Å²) in [4.78, 5) is 11.5. The lowest BCUT2D eigenvalue weighted by atomic mass is 9.75. The summed E-state index contributed by atoms with van der Waals surface area (Å²) in [6.45, 7) is 0. The highest BCUT2D eigenvalue weighted by molar-refractivity contribution is 5.80. The van der Waals surface area contributed by atoms with Crippen LogP contribution in [0.25, 0.3) is 0 Å². The number of esters is 1. The number of rotatable bonds is 1. The van der Waals surface area contributed by atoms with E-state index in [4.69, 9.17) is 10.5 Å². The molecule has 14 heavy (non-hydrogen) atoms. The number of ether oxygens (including phenoxy) is 1. The molecule has 0 aromatic carbocycles. The van der Waals surface area contributed by atoms with E-state index in [9.17, 15) is 4.79 Å². The molecule has 4 heteroatoms. The normalized spacial score (nSPS) is 41.9. The van der Waals surface area contributed by atoms with Gasteiger partial charge < -0.3 is 15.8 Å². The molecule has 2 aliphatic heterocycles. The molecule has 0 aromatic rings. The lowest BCUT2D eigenvalue weighted by Crippen LogP contribution is -2.63. The number of carbonyl (C=O) groups is 1. The maximum absolute atomic E-state index is 11.5. The van der Waals surface area contributed by atoms with Crippen molar-refractivity contribution in [3.63, 3.8) is 0 Å². The van der Waals surface area contributed by atoms with E-state index in [2.05, 4.69) is 5.32 Å². The summed E-state index contributed by atoms with van der Waals surface area (Å²) in [6.07, 6.45) is 4.95. The molecule has 3 N–H and O–H groups in total. The van der Waals surface area contributed by atoms with Gasteiger partial charge in [0.2, 0.25) is 0 Å².